The van der Waals surface area contributed by atoms with Gasteiger partial charge in [-0.05, 0) is 70.6 Å². The Hall–Kier alpha value is -1.55. The third-order valence-corrected chi connectivity index (χ3v) is 14.3. The normalized spacial score (nSPS) is 51.1. The van der Waals surface area contributed by atoms with Crippen LogP contribution in [-0.2, 0) is 38.0 Å². The summed E-state index contributed by atoms with van der Waals surface area (Å²) in [6.45, 7) is 0.330. The molecule has 4 aliphatic heterocycles. The summed E-state index contributed by atoms with van der Waals surface area (Å²) in [6.07, 6.45) is -18.7. The summed E-state index contributed by atoms with van der Waals surface area (Å²) in [5.41, 5.74) is 0. The topological polar surface area (TPSA) is 337 Å². The van der Waals surface area contributed by atoms with Crippen molar-refractivity contribution in [2.45, 2.75) is 212 Å². The van der Waals surface area contributed by atoms with E-state index in [2.05, 4.69) is 0 Å². The Bertz CT molecular complexity index is 1470. The maximum absolute atomic E-state index is 12.6. The zero-order valence-corrected chi connectivity index (χ0v) is 35.4. The third-order valence-electron chi connectivity index (χ3n) is 14.3. The Kier molecular flexibility index (Phi) is 16.9. The predicted molar refractivity (Wildman–Crippen MR) is 211 cm³/mol. The van der Waals surface area contributed by atoms with Crippen molar-refractivity contribution in [3.05, 3.63) is 12.2 Å². The maximum atomic E-state index is 12.6. The van der Waals surface area contributed by atoms with Crippen LogP contribution in [0.15, 0.2) is 12.2 Å². The summed E-state index contributed by atoms with van der Waals surface area (Å²) < 4.78 is 46.6. The molecule has 4 heterocycles. The van der Waals surface area contributed by atoms with Crippen molar-refractivity contribution in [3.8, 4) is 0 Å². The summed E-state index contributed by atoms with van der Waals surface area (Å²) in [6, 6.07) is 0. The second-order valence-corrected chi connectivity index (χ2v) is 18.7. The fraction of sp³-hybridized carbons (Fsp3) is 0.929. The number of esters is 1. The molecule has 3 saturated carbocycles. The van der Waals surface area contributed by atoms with Gasteiger partial charge in [-0.1, -0.05) is 6.08 Å². The van der Waals surface area contributed by atoms with Crippen LogP contribution in [0.2, 0.25) is 0 Å². The minimum atomic E-state index is -1.79. The molecule has 362 valence electrons. The van der Waals surface area contributed by atoms with Gasteiger partial charge in [0.25, 0.3) is 0 Å². The largest absolute Gasteiger partial charge is 0.454 e. The lowest BCUT2D eigenvalue weighted by molar-refractivity contribution is -0.370. The number of hydrogen-bond acceptors (Lipinski definition) is 20. The molecule has 0 aromatic rings. The van der Waals surface area contributed by atoms with Crippen LogP contribution in [0.4, 0.5) is 0 Å². The van der Waals surface area contributed by atoms with E-state index in [4.69, 9.17) is 37.9 Å². The van der Waals surface area contributed by atoms with Crippen molar-refractivity contribution >= 4 is 5.97 Å². The van der Waals surface area contributed by atoms with Crippen molar-refractivity contribution in [1.29, 1.82) is 0 Å². The Morgan fingerprint density at radius 2 is 1.19 bits per heavy atom. The number of allylic oxidation sites excluding steroid dienone is 1. The van der Waals surface area contributed by atoms with Gasteiger partial charge in [-0.25, -0.2) is 4.79 Å². The molecular weight excluding hydrogens is 840 g/mol. The molecule has 13 N–H and O–H groups in total. The Morgan fingerprint density at radius 3 is 1.83 bits per heavy atom. The fourth-order valence-corrected chi connectivity index (χ4v) is 10.5. The van der Waals surface area contributed by atoms with Crippen LogP contribution in [-0.4, -0.2) is 220 Å². The summed E-state index contributed by atoms with van der Waals surface area (Å²) in [4.78, 5) is 12.6. The molecule has 21 heteroatoms. The van der Waals surface area contributed by atoms with Gasteiger partial charge in [0.15, 0.2) is 37.2 Å². The number of fused-ring (bicyclic) bond motifs is 1. The smallest absolute Gasteiger partial charge is 0.330 e. The van der Waals surface area contributed by atoms with Crippen LogP contribution in [0.3, 0.4) is 0 Å². The molecule has 0 amide bonds. The van der Waals surface area contributed by atoms with Crippen molar-refractivity contribution in [2.75, 3.05) is 13.2 Å². The standard InChI is InChI=1S/C42H68O21/c1-17-38(63-29(47)11-4-18-2-7-20(44)8-3-18)34(52)37(55)40(57-17)56-16-28-31(49)33(51)36(54)42(62-28)60-26-14-23-24(58-39(26)19-5-9-21(45)10-6-19)12-22(46)13-25(23)59-41-35(53)32(50)30(48)27(15-43)61-41/h4,11,17-28,30-46,48-55H,2-3,5-10,12-16H2,1H3/p+1. The second kappa shape index (κ2) is 21.6. The lowest BCUT2D eigenvalue weighted by Gasteiger charge is -2.50. The summed E-state index contributed by atoms with van der Waals surface area (Å²) in [5.74, 6) is -1.20. The van der Waals surface area contributed by atoms with Crippen LogP contribution in [0.5, 0.6) is 0 Å². The predicted octanol–water partition coefficient (Wildman–Crippen LogP) is -4.14. The number of rotatable bonds is 12. The maximum Gasteiger partial charge on any atom is 0.330 e. The molecule has 63 heavy (non-hydrogen) atoms. The third kappa shape index (κ3) is 11.4. The molecule has 7 aliphatic rings. The van der Waals surface area contributed by atoms with Gasteiger partial charge >= 0.3 is 5.97 Å². The SMILES string of the molecule is CC1OC(OCC2OC(OC3CC4C(OC5OC(CO)C(O)C(O)C5O)CC(O)CC4[OH+]C3C3CCC(O)CC3)C(O)C(O)C2O)C(O)C(O)C1OC(=O)C=CC1CCC(O)CC1. The number of carbonyl (C=O) groups excluding carboxylic acids is 1. The molecule has 0 aromatic carbocycles. The average molecular weight is 910 g/mol. The molecule has 3 aliphatic carbocycles. The van der Waals surface area contributed by atoms with Gasteiger partial charge in [0.2, 0.25) is 0 Å². The summed E-state index contributed by atoms with van der Waals surface area (Å²) in [7, 11) is 0. The van der Waals surface area contributed by atoms with Crippen LogP contribution >= 0.6 is 0 Å². The second-order valence-electron chi connectivity index (χ2n) is 18.7. The first-order chi connectivity index (χ1) is 30.0. The number of hydrogen-bond donors (Lipinski definition) is 12. The molecule has 21 unspecified atom stereocenters. The van der Waals surface area contributed by atoms with E-state index < -0.39 is 154 Å². The van der Waals surface area contributed by atoms with E-state index >= 15 is 0 Å². The van der Waals surface area contributed by atoms with Crippen molar-refractivity contribution in [1.82, 2.24) is 0 Å². The van der Waals surface area contributed by atoms with Crippen LogP contribution in [0.25, 0.3) is 0 Å². The molecule has 0 radical (unpaired) electrons. The van der Waals surface area contributed by atoms with E-state index in [1.165, 1.54) is 13.0 Å². The minimum Gasteiger partial charge on any atom is -0.454 e. The quantitative estimate of drug-likeness (QED) is 0.0502. The first-order valence-corrected chi connectivity index (χ1v) is 22.6. The molecule has 21 atom stereocenters. The van der Waals surface area contributed by atoms with Crippen molar-refractivity contribution in [3.63, 3.8) is 0 Å². The number of aliphatic hydroxyl groups excluding tert-OH is 12. The lowest BCUT2D eigenvalue weighted by atomic mass is 9.73. The first kappa shape index (κ1) is 49.4. The van der Waals surface area contributed by atoms with E-state index in [1.807, 2.05) is 0 Å². The van der Waals surface area contributed by atoms with Crippen molar-refractivity contribution < 1.29 is 104 Å². The summed E-state index contributed by atoms with van der Waals surface area (Å²) >= 11 is 0. The van der Waals surface area contributed by atoms with Crippen LogP contribution in [0, 0.1) is 17.8 Å². The monoisotopic (exact) mass is 909 g/mol. The Labute approximate surface area is 365 Å². The van der Waals surface area contributed by atoms with Gasteiger partial charge < -0.3 is 99.2 Å². The highest BCUT2D eigenvalue weighted by atomic mass is 16.7. The van der Waals surface area contributed by atoms with Gasteiger partial charge in [-0.15, -0.1) is 0 Å². The lowest BCUT2D eigenvalue weighted by Crippen LogP contribution is -2.64. The van der Waals surface area contributed by atoms with Gasteiger partial charge in [0.1, 0.15) is 67.1 Å². The molecule has 4 saturated heterocycles. The van der Waals surface area contributed by atoms with Gasteiger partial charge in [0.05, 0.1) is 49.7 Å². The van der Waals surface area contributed by atoms with Crippen molar-refractivity contribution in [2.24, 2.45) is 17.8 Å². The Morgan fingerprint density at radius 1 is 0.619 bits per heavy atom. The zero-order chi connectivity index (χ0) is 45.3. The number of aliphatic hydroxyl groups is 14. The molecule has 0 spiro atoms. The van der Waals surface area contributed by atoms with Gasteiger partial charge in [-0.2, -0.15) is 0 Å². The molecule has 7 rings (SSSR count). The minimum absolute atomic E-state index is 0.0806. The van der Waals surface area contributed by atoms with E-state index in [1.54, 1.807) is 6.08 Å². The summed E-state index contributed by atoms with van der Waals surface area (Å²) in [5, 5.41) is 127. The average Bonchev–Trinajstić information content (AvgIpc) is 3.26. The first-order valence-electron chi connectivity index (χ1n) is 22.6. The van der Waals surface area contributed by atoms with E-state index in [0.717, 1.165) is 12.8 Å². The highest BCUT2D eigenvalue weighted by Gasteiger charge is 2.56. The zero-order valence-electron chi connectivity index (χ0n) is 35.4. The van der Waals surface area contributed by atoms with E-state index in [0.29, 0.717) is 38.5 Å². The van der Waals surface area contributed by atoms with Crippen LogP contribution in [0.1, 0.15) is 77.6 Å². The molecule has 7 fully saturated rings. The van der Waals surface area contributed by atoms with Crippen LogP contribution < -0.4 is 0 Å². The van der Waals surface area contributed by atoms with E-state index in [9.17, 15) is 66.1 Å². The highest BCUT2D eigenvalue weighted by Crippen LogP contribution is 2.44. The fourth-order valence-electron chi connectivity index (χ4n) is 10.5. The number of carbonyl (C=O) groups is 1. The highest BCUT2D eigenvalue weighted by molar-refractivity contribution is 5.82. The van der Waals surface area contributed by atoms with Gasteiger partial charge in [0, 0.05) is 24.8 Å². The van der Waals surface area contributed by atoms with Gasteiger partial charge in [-0.3, -0.25) is 0 Å². The molecule has 0 bridgehead atoms. The van der Waals surface area contributed by atoms with E-state index in [-0.39, 0.29) is 37.2 Å². The molecule has 21 nitrogen and oxygen atoms in total. The Balaban J connectivity index is 1.00. The molecular formula is C42H69O21+. The molecule has 0 aromatic heterocycles. The number of ether oxygens (including phenoxy) is 8.